The standard InChI is InChI=1S/C95H86N2/c1-87(2)71-32-20-22-34-73(71)95(74-35-23-21-33-72(74)87)76-37-25-27-39-84(76)97(86-58-80-78(56-82(86)95)89(5,6)93(13,14)91(80,9)10)66-51-46-62(47-52-66)60-40-42-63(43-41-60)64-48-53-70-68(54-64)67-30-18-19-31-69(67)94(70)75-36-24-26-38-83(75)96(65-49-44-61(45-50-65)59-28-16-15-17-29-59)85-57-79-77(55-81(85)94)88(3,4)92(11,12)90(79,7)8/h15-58H,1-14H3. The van der Waals surface area contributed by atoms with Gasteiger partial charge >= 0.3 is 0 Å². The molecule has 6 aliphatic rings. The lowest BCUT2D eigenvalue weighted by Gasteiger charge is -2.52. The van der Waals surface area contributed by atoms with Crippen LogP contribution in [0, 0.1) is 10.8 Å². The van der Waals surface area contributed by atoms with E-state index in [9.17, 15) is 0 Å². The minimum Gasteiger partial charge on any atom is -0.310 e. The fraction of sp³-hybridized carbons (Fsp3) is 0.242. The van der Waals surface area contributed by atoms with E-state index in [1.165, 1.54) is 145 Å². The molecule has 2 spiro atoms. The van der Waals surface area contributed by atoms with Gasteiger partial charge in [0.15, 0.2) is 0 Å². The van der Waals surface area contributed by atoms with Gasteiger partial charge in [-0.05, 0) is 209 Å². The van der Waals surface area contributed by atoms with Crippen molar-refractivity contribution in [3.8, 4) is 44.5 Å². The zero-order chi connectivity index (χ0) is 66.9. The van der Waals surface area contributed by atoms with Crippen LogP contribution in [0.3, 0.4) is 0 Å². The average molecular weight is 1260 g/mol. The number of fused-ring (bicyclic) bond motifs is 19. The normalized spacial score (nSPS) is 19.9. The number of rotatable bonds is 5. The highest BCUT2D eigenvalue weighted by atomic mass is 15.2. The van der Waals surface area contributed by atoms with E-state index in [0.717, 1.165) is 11.4 Å². The van der Waals surface area contributed by atoms with E-state index in [2.05, 4.69) is 374 Å². The third kappa shape index (κ3) is 7.37. The van der Waals surface area contributed by atoms with Crippen LogP contribution >= 0.6 is 0 Å². The second kappa shape index (κ2) is 19.7. The summed E-state index contributed by atoms with van der Waals surface area (Å²) in [6.07, 6.45) is 0. The molecule has 476 valence electrons. The van der Waals surface area contributed by atoms with Gasteiger partial charge in [0.2, 0.25) is 0 Å². The van der Waals surface area contributed by atoms with Crippen LogP contribution in [0.5, 0.6) is 0 Å². The van der Waals surface area contributed by atoms with Gasteiger partial charge in [0.05, 0.1) is 33.6 Å². The summed E-state index contributed by atoms with van der Waals surface area (Å²) in [5, 5.41) is 0. The van der Waals surface area contributed by atoms with Crippen molar-refractivity contribution in [2.45, 2.75) is 135 Å². The number of anilines is 6. The molecule has 2 heterocycles. The first kappa shape index (κ1) is 59.7. The molecule has 0 radical (unpaired) electrons. The van der Waals surface area contributed by atoms with Crippen LogP contribution in [0.2, 0.25) is 0 Å². The predicted molar refractivity (Wildman–Crippen MR) is 407 cm³/mol. The monoisotopic (exact) mass is 1250 g/mol. The third-order valence-corrected chi connectivity index (χ3v) is 27.6. The Bertz CT molecular complexity index is 5250. The van der Waals surface area contributed by atoms with Crippen molar-refractivity contribution in [3.63, 3.8) is 0 Å². The van der Waals surface area contributed by atoms with Gasteiger partial charge in [-0.3, -0.25) is 0 Å². The van der Waals surface area contributed by atoms with Crippen LogP contribution in [0.1, 0.15) is 175 Å². The maximum absolute atomic E-state index is 2.67. The highest BCUT2D eigenvalue weighted by Crippen LogP contribution is 2.71. The molecule has 1 unspecified atom stereocenters. The van der Waals surface area contributed by atoms with Gasteiger partial charge in [-0.15, -0.1) is 0 Å². The lowest BCUT2D eigenvalue weighted by Crippen LogP contribution is -2.45. The van der Waals surface area contributed by atoms with Gasteiger partial charge in [-0.2, -0.15) is 0 Å². The number of nitrogens with zero attached hydrogens (tertiary/aromatic N) is 2. The van der Waals surface area contributed by atoms with Gasteiger partial charge in [-0.1, -0.05) is 309 Å². The molecular weight excluding hydrogens is 1170 g/mol. The number of benzene rings is 12. The van der Waals surface area contributed by atoms with E-state index in [1.807, 2.05) is 0 Å². The summed E-state index contributed by atoms with van der Waals surface area (Å²) in [5.74, 6) is 0. The molecule has 2 heteroatoms. The van der Waals surface area contributed by atoms with Gasteiger partial charge in [0.25, 0.3) is 0 Å². The Morgan fingerprint density at radius 1 is 0.196 bits per heavy atom. The SMILES string of the molecule is CC1(C)c2ccccc2C2(c3ccccc3N(c3ccc(-c4ccc(-c5ccc6c(c5)-c5ccccc5C65c6ccccc6N(c6ccc(-c7ccccc7)cc6)c6cc7c(cc65)C(C)(C)C(C)(C)C7(C)C)cc4)cc3)c3cc4c(cc32)C(C)(C)C(C)(C)C4(C)C)c2ccccc21. The molecule has 0 N–H and O–H groups in total. The fourth-order valence-corrected chi connectivity index (χ4v) is 19.9. The highest BCUT2D eigenvalue weighted by molar-refractivity contribution is 5.98. The summed E-state index contributed by atoms with van der Waals surface area (Å²) >= 11 is 0. The van der Waals surface area contributed by atoms with Gasteiger partial charge in [0, 0.05) is 16.8 Å². The Balaban J connectivity index is 0.747. The Labute approximate surface area is 575 Å². The quantitative estimate of drug-likeness (QED) is 0.169. The lowest BCUT2D eigenvalue weighted by atomic mass is 9.52. The summed E-state index contributed by atoms with van der Waals surface area (Å²) < 4.78 is 0. The van der Waals surface area contributed by atoms with E-state index >= 15 is 0 Å². The third-order valence-electron chi connectivity index (χ3n) is 27.6. The van der Waals surface area contributed by atoms with Crippen LogP contribution in [-0.2, 0) is 37.9 Å². The second-order valence-electron chi connectivity index (χ2n) is 32.8. The molecule has 0 amide bonds. The first-order valence-electron chi connectivity index (χ1n) is 35.4. The van der Waals surface area contributed by atoms with Crippen LogP contribution in [-0.4, -0.2) is 0 Å². The molecule has 1 atom stereocenters. The van der Waals surface area contributed by atoms with Gasteiger partial charge < -0.3 is 9.80 Å². The molecule has 97 heavy (non-hydrogen) atoms. The van der Waals surface area contributed by atoms with Crippen molar-refractivity contribution in [2.75, 3.05) is 9.80 Å². The largest absolute Gasteiger partial charge is 0.310 e. The van der Waals surface area contributed by atoms with Gasteiger partial charge in [0.1, 0.15) is 0 Å². The number of hydrogen-bond acceptors (Lipinski definition) is 2. The zero-order valence-electron chi connectivity index (χ0n) is 58.8. The Morgan fingerprint density at radius 3 is 0.948 bits per heavy atom. The van der Waals surface area contributed by atoms with Gasteiger partial charge in [-0.25, -0.2) is 0 Å². The van der Waals surface area contributed by atoms with E-state index < -0.39 is 10.8 Å². The molecule has 0 fully saturated rings. The van der Waals surface area contributed by atoms with Crippen LogP contribution in [0.15, 0.2) is 267 Å². The summed E-state index contributed by atoms with van der Waals surface area (Å²) in [6.45, 7) is 34.7. The molecule has 0 saturated heterocycles. The zero-order valence-corrected chi connectivity index (χ0v) is 58.8. The first-order chi connectivity index (χ1) is 46.4. The molecule has 0 saturated carbocycles. The number of hydrogen-bond donors (Lipinski definition) is 0. The van der Waals surface area contributed by atoms with E-state index in [-0.39, 0.29) is 37.9 Å². The van der Waals surface area contributed by atoms with E-state index in [4.69, 9.17) is 0 Å². The van der Waals surface area contributed by atoms with Crippen molar-refractivity contribution in [2.24, 2.45) is 10.8 Å². The Kier molecular flexibility index (Phi) is 12.1. The minimum absolute atomic E-state index is 0.0164. The van der Waals surface area contributed by atoms with Crippen molar-refractivity contribution in [1.29, 1.82) is 0 Å². The van der Waals surface area contributed by atoms with Crippen LogP contribution < -0.4 is 9.80 Å². The lowest BCUT2D eigenvalue weighted by molar-refractivity contribution is 0.125. The molecule has 0 aromatic heterocycles. The van der Waals surface area contributed by atoms with Crippen molar-refractivity contribution in [1.82, 2.24) is 0 Å². The maximum atomic E-state index is 2.67. The van der Waals surface area contributed by atoms with Crippen molar-refractivity contribution in [3.05, 3.63) is 345 Å². The fourth-order valence-electron chi connectivity index (χ4n) is 19.9. The van der Waals surface area contributed by atoms with Crippen molar-refractivity contribution < 1.29 is 0 Å². The summed E-state index contributed by atoms with van der Waals surface area (Å²) in [5.41, 5.74) is 34.7. The number of para-hydroxylation sites is 2. The summed E-state index contributed by atoms with van der Waals surface area (Å²) in [6, 6.07) is 103. The summed E-state index contributed by atoms with van der Waals surface area (Å²) in [4.78, 5) is 5.17. The molecular formula is C95H86N2. The predicted octanol–water partition coefficient (Wildman–Crippen LogP) is 24.8. The molecule has 2 nitrogen and oxygen atoms in total. The van der Waals surface area contributed by atoms with Crippen LogP contribution in [0.25, 0.3) is 44.5 Å². The van der Waals surface area contributed by atoms with E-state index in [0.29, 0.717) is 0 Å². The topological polar surface area (TPSA) is 6.48 Å². The smallest absolute Gasteiger partial charge is 0.0754 e. The molecule has 18 rings (SSSR count). The molecule has 4 aliphatic carbocycles. The maximum Gasteiger partial charge on any atom is 0.0754 e. The summed E-state index contributed by atoms with van der Waals surface area (Å²) in [7, 11) is 0. The molecule has 2 aliphatic heterocycles. The first-order valence-corrected chi connectivity index (χ1v) is 35.4. The Morgan fingerprint density at radius 2 is 0.505 bits per heavy atom. The van der Waals surface area contributed by atoms with Crippen LogP contribution in [0.4, 0.5) is 34.1 Å². The second-order valence-corrected chi connectivity index (χ2v) is 32.8. The molecule has 12 aromatic rings. The van der Waals surface area contributed by atoms with Crippen molar-refractivity contribution >= 4 is 34.1 Å². The minimum atomic E-state index is -0.580. The Hall–Kier alpha value is -9.76. The van der Waals surface area contributed by atoms with E-state index in [1.54, 1.807) is 0 Å². The average Bonchev–Trinajstić information content (AvgIpc) is 1.66. The molecule has 0 bridgehead atoms. The molecule has 12 aromatic carbocycles. The highest BCUT2D eigenvalue weighted by Gasteiger charge is 2.62.